The molecule has 6 nitrogen and oxygen atoms in total. The number of fused-ring (bicyclic) bond motifs is 2. The third-order valence-electron chi connectivity index (χ3n) is 4.58. The topological polar surface area (TPSA) is 99.8 Å². The molecule has 0 saturated carbocycles. The zero-order valence-electron chi connectivity index (χ0n) is 15.6. The minimum absolute atomic E-state index is 0.000567. The fraction of sp³-hybridized carbons (Fsp3) is 0.0455. The number of aromatic carboxylic acids is 1. The molecule has 2 aliphatic rings. The molecule has 0 unspecified atom stereocenters. The summed E-state index contributed by atoms with van der Waals surface area (Å²) in [6, 6.07) is 14.1. The smallest absolute Gasteiger partial charge is 0.336 e. The Kier molecular flexibility index (Phi) is 5.19. The predicted molar refractivity (Wildman–Crippen MR) is 121 cm³/mol. The molecule has 0 radical (unpaired) electrons. The Morgan fingerprint density at radius 2 is 1.83 bits per heavy atom. The molecule has 1 aliphatic carbocycles. The summed E-state index contributed by atoms with van der Waals surface area (Å²) in [7, 11) is 1.70. The maximum atomic E-state index is 12.1. The van der Waals surface area contributed by atoms with Gasteiger partial charge < -0.3 is 19.9 Å². The summed E-state index contributed by atoms with van der Waals surface area (Å²) in [5.74, 6) is -0.786. The third-order valence-corrected chi connectivity index (χ3v) is 5.92. The van der Waals surface area contributed by atoms with E-state index in [1.807, 2.05) is 0 Å². The van der Waals surface area contributed by atoms with Crippen molar-refractivity contribution in [3.8, 4) is 28.2 Å². The van der Waals surface area contributed by atoms with Crippen LogP contribution in [0.1, 0.15) is 10.4 Å². The quantitative estimate of drug-likeness (QED) is 0.244. The van der Waals surface area contributed by atoms with Crippen molar-refractivity contribution in [1.29, 1.82) is 0 Å². The second kappa shape index (κ2) is 7.81. The van der Waals surface area contributed by atoms with Gasteiger partial charge in [-0.05, 0) is 42.0 Å². The maximum absolute atomic E-state index is 12.1. The number of rotatable bonds is 3. The van der Waals surface area contributed by atoms with Crippen LogP contribution in [0.25, 0.3) is 33.4 Å². The van der Waals surface area contributed by atoms with Gasteiger partial charge in [-0.15, -0.1) is 0 Å². The van der Waals surface area contributed by atoms with Crippen LogP contribution in [0.3, 0.4) is 0 Å². The van der Waals surface area contributed by atoms with Crippen molar-refractivity contribution in [3.05, 3.63) is 70.4 Å². The van der Waals surface area contributed by atoms with Crippen molar-refractivity contribution in [2.75, 3.05) is 7.05 Å². The number of phenolic OH excluding ortho intramolecular Hbond substituents is 1. The van der Waals surface area contributed by atoms with Crippen molar-refractivity contribution in [2.24, 2.45) is 0 Å². The molecule has 4 rings (SSSR count). The van der Waals surface area contributed by atoms with Crippen LogP contribution in [0.4, 0.5) is 0 Å². The Morgan fingerprint density at radius 3 is 2.57 bits per heavy atom. The van der Waals surface area contributed by atoms with Crippen LogP contribution in [0.5, 0.6) is 5.75 Å². The van der Waals surface area contributed by atoms with E-state index in [1.165, 1.54) is 36.0 Å². The lowest BCUT2D eigenvalue weighted by molar-refractivity contribution is 0.0697. The van der Waals surface area contributed by atoms with Gasteiger partial charge in [-0.2, -0.15) is 0 Å². The Bertz CT molecular complexity index is 1350. The molecule has 0 atom stereocenters. The lowest BCUT2D eigenvalue weighted by Crippen LogP contribution is -2.10. The average Bonchev–Trinajstić information content (AvgIpc) is 2.71. The normalized spacial score (nSPS) is 11.0. The summed E-state index contributed by atoms with van der Waals surface area (Å²) in [4.78, 5) is 24.7. The van der Waals surface area contributed by atoms with Gasteiger partial charge in [0.15, 0.2) is 5.43 Å². The minimum Gasteiger partial charge on any atom is -0.508 e. The first-order valence-electron chi connectivity index (χ1n) is 8.84. The van der Waals surface area contributed by atoms with Crippen LogP contribution in [-0.2, 0) is 0 Å². The SMILES string of the molecule is CNC(=S)Sc1ccc(-c2c3ccc(=O)cc-3oc3cc(O)ccc23)c(C(=O)O)c1. The third kappa shape index (κ3) is 3.62. The molecule has 0 saturated heterocycles. The van der Waals surface area contributed by atoms with E-state index >= 15 is 0 Å². The summed E-state index contributed by atoms with van der Waals surface area (Å²) >= 11 is 6.42. The van der Waals surface area contributed by atoms with Crippen LogP contribution < -0.4 is 10.7 Å². The van der Waals surface area contributed by atoms with Crippen molar-refractivity contribution in [1.82, 2.24) is 5.32 Å². The highest BCUT2D eigenvalue weighted by Crippen LogP contribution is 2.42. The lowest BCUT2D eigenvalue weighted by atomic mass is 9.91. The molecule has 1 aliphatic heterocycles. The van der Waals surface area contributed by atoms with Crippen molar-refractivity contribution in [3.63, 3.8) is 0 Å². The summed E-state index contributed by atoms with van der Waals surface area (Å²) in [5, 5.41) is 23.2. The number of thiocarbonyl (C=S) groups is 1. The van der Waals surface area contributed by atoms with Crippen LogP contribution in [0.15, 0.2) is 68.7 Å². The summed E-state index contributed by atoms with van der Waals surface area (Å²) in [6.07, 6.45) is 0. The monoisotopic (exact) mass is 437 g/mol. The fourth-order valence-electron chi connectivity index (χ4n) is 3.29. The van der Waals surface area contributed by atoms with E-state index in [4.69, 9.17) is 16.6 Å². The summed E-state index contributed by atoms with van der Waals surface area (Å²) in [6.45, 7) is 0. The highest BCUT2D eigenvalue weighted by atomic mass is 32.2. The molecule has 3 N–H and O–H groups in total. The van der Waals surface area contributed by atoms with Gasteiger partial charge in [0.25, 0.3) is 0 Å². The molecular formula is C22H15NO5S2. The first-order valence-corrected chi connectivity index (χ1v) is 10.1. The Labute approximate surface area is 180 Å². The van der Waals surface area contributed by atoms with Gasteiger partial charge in [-0.25, -0.2) is 4.79 Å². The molecule has 30 heavy (non-hydrogen) atoms. The number of phenols is 1. The van der Waals surface area contributed by atoms with Gasteiger partial charge in [0, 0.05) is 40.6 Å². The largest absolute Gasteiger partial charge is 0.508 e. The molecule has 0 fully saturated rings. The van der Waals surface area contributed by atoms with E-state index < -0.39 is 5.97 Å². The molecule has 150 valence electrons. The van der Waals surface area contributed by atoms with Crippen LogP contribution in [0, 0.1) is 0 Å². The van der Waals surface area contributed by atoms with E-state index in [1.54, 1.807) is 37.4 Å². The second-order valence-electron chi connectivity index (χ2n) is 6.47. The maximum Gasteiger partial charge on any atom is 0.336 e. The van der Waals surface area contributed by atoms with Crippen molar-refractivity contribution < 1.29 is 19.4 Å². The highest BCUT2D eigenvalue weighted by Gasteiger charge is 2.22. The number of carbonyl (C=O) groups is 1. The molecular weight excluding hydrogens is 422 g/mol. The number of aromatic hydroxyl groups is 1. The second-order valence-corrected chi connectivity index (χ2v) is 8.22. The zero-order chi connectivity index (χ0) is 21.4. The Hall–Kier alpha value is -3.36. The molecule has 0 bridgehead atoms. The summed E-state index contributed by atoms with van der Waals surface area (Å²) < 4.78 is 6.34. The Balaban J connectivity index is 2.06. The lowest BCUT2D eigenvalue weighted by Gasteiger charge is -2.17. The fourth-order valence-corrected chi connectivity index (χ4v) is 4.21. The van der Waals surface area contributed by atoms with Crippen molar-refractivity contribution in [2.45, 2.75) is 4.90 Å². The van der Waals surface area contributed by atoms with Crippen LogP contribution in [-0.4, -0.2) is 27.6 Å². The van der Waals surface area contributed by atoms with E-state index in [-0.39, 0.29) is 16.7 Å². The summed E-state index contributed by atoms with van der Waals surface area (Å²) in [5.41, 5.74) is 1.87. The number of thioether (sulfide) groups is 1. The van der Waals surface area contributed by atoms with E-state index in [2.05, 4.69) is 5.32 Å². The zero-order valence-corrected chi connectivity index (χ0v) is 17.3. The number of hydrogen-bond donors (Lipinski definition) is 3. The minimum atomic E-state index is -1.09. The molecule has 2 aromatic rings. The molecule has 0 spiro atoms. The number of carboxylic acid groups (broad SMARTS) is 1. The first kappa shape index (κ1) is 19.9. The number of carboxylic acids is 1. The number of nitrogens with one attached hydrogen (secondary N) is 1. The van der Waals surface area contributed by atoms with E-state index in [0.717, 1.165) is 0 Å². The predicted octanol–water partition coefficient (Wildman–Crippen LogP) is 4.57. The molecule has 2 aromatic carbocycles. The first-order chi connectivity index (χ1) is 14.4. The molecule has 0 aromatic heterocycles. The average molecular weight is 437 g/mol. The molecule has 1 heterocycles. The van der Waals surface area contributed by atoms with Gasteiger partial charge in [0.05, 0.1) is 5.56 Å². The van der Waals surface area contributed by atoms with Crippen LogP contribution in [0.2, 0.25) is 0 Å². The molecule has 0 amide bonds. The van der Waals surface area contributed by atoms with Crippen molar-refractivity contribution >= 4 is 45.2 Å². The Morgan fingerprint density at radius 1 is 1.07 bits per heavy atom. The highest BCUT2D eigenvalue weighted by molar-refractivity contribution is 8.23. The molecule has 8 heteroatoms. The van der Waals surface area contributed by atoms with E-state index in [0.29, 0.717) is 42.6 Å². The van der Waals surface area contributed by atoms with Gasteiger partial charge in [-0.3, -0.25) is 4.79 Å². The number of hydrogen-bond acceptors (Lipinski definition) is 6. The number of benzene rings is 3. The van der Waals surface area contributed by atoms with Gasteiger partial charge >= 0.3 is 5.97 Å². The van der Waals surface area contributed by atoms with Gasteiger partial charge in [-0.1, -0.05) is 30.0 Å². The standard InChI is InChI=1S/C22H15NO5S2/c1-23-22(29)30-13-4-7-14(17(10-13)21(26)27)20-15-5-2-11(24)8-18(15)28-19-9-12(25)3-6-16(19)20/h2-10,24H,1H3,(H,23,29)(H,26,27). The van der Waals surface area contributed by atoms with E-state index in [9.17, 15) is 19.8 Å². The van der Waals surface area contributed by atoms with Crippen LogP contribution >= 0.6 is 24.0 Å². The van der Waals surface area contributed by atoms with Gasteiger partial charge in [0.1, 0.15) is 21.4 Å². The van der Waals surface area contributed by atoms with Gasteiger partial charge in [0.2, 0.25) is 0 Å².